The Kier molecular flexibility index (Phi) is 6.00. The van der Waals surface area contributed by atoms with Crippen LogP contribution in [0.5, 0.6) is 5.75 Å². The van der Waals surface area contributed by atoms with Gasteiger partial charge >= 0.3 is 0 Å². The van der Waals surface area contributed by atoms with Crippen molar-refractivity contribution in [2.45, 2.75) is 31.8 Å². The molecule has 1 amide bonds. The molecule has 8 heteroatoms. The van der Waals surface area contributed by atoms with E-state index < -0.39 is 16.1 Å². The minimum atomic E-state index is -3.99. The zero-order valence-corrected chi connectivity index (χ0v) is 13.7. The van der Waals surface area contributed by atoms with Crippen molar-refractivity contribution in [1.29, 1.82) is 0 Å². The first-order valence-corrected chi connectivity index (χ1v) is 8.30. The molecule has 0 fully saturated rings. The first-order valence-electron chi connectivity index (χ1n) is 6.38. The summed E-state index contributed by atoms with van der Waals surface area (Å²) in [5.74, 6) is -0.0372. The molecule has 0 bridgehead atoms. The molecule has 0 saturated carbocycles. The SMILES string of the molecule is CC(C)CNC(=O)C(C)Oc1ccc(Cl)cc1S(N)(=O)=O. The summed E-state index contributed by atoms with van der Waals surface area (Å²) < 4.78 is 28.4. The molecule has 1 atom stereocenters. The average molecular weight is 335 g/mol. The molecule has 1 rings (SSSR count). The number of hydrogen-bond donors (Lipinski definition) is 2. The Labute approximate surface area is 129 Å². The number of carbonyl (C=O) groups excluding carboxylic acids is 1. The molecule has 3 N–H and O–H groups in total. The lowest BCUT2D eigenvalue weighted by atomic mass is 10.2. The van der Waals surface area contributed by atoms with Gasteiger partial charge in [-0.05, 0) is 31.0 Å². The molecular weight excluding hydrogens is 316 g/mol. The van der Waals surface area contributed by atoms with Gasteiger partial charge in [0.15, 0.2) is 6.10 Å². The van der Waals surface area contributed by atoms with Gasteiger partial charge in [0.1, 0.15) is 10.6 Å². The molecule has 0 aromatic heterocycles. The van der Waals surface area contributed by atoms with Crippen molar-refractivity contribution in [3.8, 4) is 5.75 Å². The molecule has 0 heterocycles. The molecule has 1 aromatic rings. The normalized spacial score (nSPS) is 13.0. The number of primary sulfonamides is 1. The molecule has 0 radical (unpaired) electrons. The van der Waals surface area contributed by atoms with Crippen molar-refractivity contribution >= 4 is 27.5 Å². The largest absolute Gasteiger partial charge is 0.479 e. The first-order chi connectivity index (χ1) is 9.61. The van der Waals surface area contributed by atoms with Crippen LogP contribution in [0.3, 0.4) is 0 Å². The predicted molar refractivity (Wildman–Crippen MR) is 80.8 cm³/mol. The maximum absolute atomic E-state index is 11.8. The first kappa shape index (κ1) is 17.7. The zero-order chi connectivity index (χ0) is 16.2. The Hall–Kier alpha value is -1.31. The van der Waals surface area contributed by atoms with Crippen LogP contribution in [0.2, 0.25) is 5.02 Å². The van der Waals surface area contributed by atoms with Gasteiger partial charge in [0.05, 0.1) is 0 Å². The molecule has 6 nitrogen and oxygen atoms in total. The number of nitrogens with one attached hydrogen (secondary N) is 1. The Bertz CT molecular complexity index is 617. The second kappa shape index (κ2) is 7.11. The van der Waals surface area contributed by atoms with Crippen molar-refractivity contribution in [3.63, 3.8) is 0 Å². The van der Waals surface area contributed by atoms with Crippen LogP contribution in [0, 0.1) is 5.92 Å². The number of amides is 1. The van der Waals surface area contributed by atoms with Crippen molar-refractivity contribution < 1.29 is 17.9 Å². The second-order valence-corrected chi connectivity index (χ2v) is 7.00. The lowest BCUT2D eigenvalue weighted by Gasteiger charge is -2.17. The topological polar surface area (TPSA) is 98.5 Å². The van der Waals surface area contributed by atoms with Crippen LogP contribution in [0.1, 0.15) is 20.8 Å². The Morgan fingerprint density at radius 1 is 1.38 bits per heavy atom. The number of halogens is 1. The average Bonchev–Trinajstić information content (AvgIpc) is 2.36. The molecular formula is C13H19ClN2O4S. The summed E-state index contributed by atoms with van der Waals surface area (Å²) in [5.41, 5.74) is 0. The van der Waals surface area contributed by atoms with Gasteiger partial charge in [-0.15, -0.1) is 0 Å². The highest BCUT2D eigenvalue weighted by atomic mass is 35.5. The summed E-state index contributed by atoms with van der Waals surface area (Å²) in [7, 11) is -3.99. The van der Waals surface area contributed by atoms with E-state index in [2.05, 4.69) is 5.32 Å². The number of benzene rings is 1. The number of rotatable bonds is 6. The van der Waals surface area contributed by atoms with E-state index >= 15 is 0 Å². The molecule has 0 saturated heterocycles. The van der Waals surface area contributed by atoms with Crippen LogP contribution in [0.15, 0.2) is 23.1 Å². The van der Waals surface area contributed by atoms with Crippen LogP contribution in [-0.4, -0.2) is 27.0 Å². The molecule has 0 aliphatic rings. The number of ether oxygens (including phenoxy) is 1. The third-order valence-corrected chi connectivity index (χ3v) is 3.74. The van der Waals surface area contributed by atoms with E-state index in [1.54, 1.807) is 0 Å². The zero-order valence-electron chi connectivity index (χ0n) is 12.1. The van der Waals surface area contributed by atoms with Crippen LogP contribution in [-0.2, 0) is 14.8 Å². The predicted octanol–water partition coefficient (Wildman–Crippen LogP) is 1.53. The minimum Gasteiger partial charge on any atom is -0.479 e. The Morgan fingerprint density at radius 2 is 2.00 bits per heavy atom. The van der Waals surface area contributed by atoms with Gasteiger partial charge in [-0.25, -0.2) is 13.6 Å². The molecule has 0 spiro atoms. The van der Waals surface area contributed by atoms with Gasteiger partial charge in [-0.3, -0.25) is 4.79 Å². The summed E-state index contributed by atoms with van der Waals surface area (Å²) >= 11 is 5.75. The summed E-state index contributed by atoms with van der Waals surface area (Å²) in [6.07, 6.45) is -0.856. The van der Waals surface area contributed by atoms with Gasteiger partial charge in [0, 0.05) is 11.6 Å². The molecule has 0 aliphatic carbocycles. The van der Waals surface area contributed by atoms with Crippen LogP contribution in [0.4, 0.5) is 0 Å². The van der Waals surface area contributed by atoms with Gasteiger partial charge in [-0.1, -0.05) is 25.4 Å². The fourth-order valence-electron chi connectivity index (χ4n) is 1.49. The summed E-state index contributed by atoms with van der Waals surface area (Å²) in [6.45, 7) is 5.96. The molecule has 0 aliphatic heterocycles. The highest BCUT2D eigenvalue weighted by Gasteiger charge is 2.21. The van der Waals surface area contributed by atoms with E-state index in [4.69, 9.17) is 21.5 Å². The van der Waals surface area contributed by atoms with Crippen molar-refractivity contribution in [1.82, 2.24) is 5.32 Å². The summed E-state index contributed by atoms with van der Waals surface area (Å²) in [6, 6.07) is 4.02. The molecule has 1 unspecified atom stereocenters. The van der Waals surface area contributed by atoms with Gasteiger partial charge in [-0.2, -0.15) is 0 Å². The summed E-state index contributed by atoms with van der Waals surface area (Å²) in [5, 5.41) is 8.02. The fourth-order valence-corrected chi connectivity index (χ4v) is 2.42. The monoisotopic (exact) mass is 334 g/mol. The Morgan fingerprint density at radius 3 is 2.52 bits per heavy atom. The maximum Gasteiger partial charge on any atom is 0.260 e. The molecule has 118 valence electrons. The molecule has 21 heavy (non-hydrogen) atoms. The number of carbonyl (C=O) groups is 1. The standard InChI is InChI=1S/C13H19ClN2O4S/c1-8(2)7-16-13(17)9(3)20-11-5-4-10(14)6-12(11)21(15,18)19/h4-6,8-9H,7H2,1-3H3,(H,16,17)(H2,15,18,19). The number of hydrogen-bond acceptors (Lipinski definition) is 4. The van der Waals surface area contributed by atoms with Crippen LogP contribution >= 0.6 is 11.6 Å². The summed E-state index contributed by atoms with van der Waals surface area (Å²) in [4.78, 5) is 11.6. The van der Waals surface area contributed by atoms with Crippen molar-refractivity contribution in [2.24, 2.45) is 11.1 Å². The van der Waals surface area contributed by atoms with Gasteiger partial charge in [0.2, 0.25) is 10.0 Å². The highest BCUT2D eigenvalue weighted by Crippen LogP contribution is 2.27. The smallest absolute Gasteiger partial charge is 0.260 e. The minimum absolute atomic E-state index is 0.00547. The van der Waals surface area contributed by atoms with Gasteiger partial charge in [0.25, 0.3) is 5.91 Å². The van der Waals surface area contributed by atoms with E-state index in [1.807, 2.05) is 13.8 Å². The lowest BCUT2D eigenvalue weighted by Crippen LogP contribution is -2.38. The van der Waals surface area contributed by atoms with E-state index in [9.17, 15) is 13.2 Å². The van der Waals surface area contributed by atoms with E-state index in [0.717, 1.165) is 0 Å². The highest BCUT2D eigenvalue weighted by molar-refractivity contribution is 7.89. The third-order valence-electron chi connectivity index (χ3n) is 2.57. The quantitative estimate of drug-likeness (QED) is 0.824. The van der Waals surface area contributed by atoms with Crippen LogP contribution in [0.25, 0.3) is 0 Å². The van der Waals surface area contributed by atoms with Crippen molar-refractivity contribution in [2.75, 3.05) is 6.54 Å². The van der Waals surface area contributed by atoms with E-state index in [1.165, 1.54) is 25.1 Å². The number of nitrogens with two attached hydrogens (primary N) is 1. The molecule has 1 aromatic carbocycles. The lowest BCUT2D eigenvalue weighted by molar-refractivity contribution is -0.127. The second-order valence-electron chi connectivity index (χ2n) is 5.04. The third kappa shape index (κ3) is 5.53. The number of sulfonamides is 1. The van der Waals surface area contributed by atoms with E-state index in [0.29, 0.717) is 12.5 Å². The van der Waals surface area contributed by atoms with Gasteiger partial charge < -0.3 is 10.1 Å². The van der Waals surface area contributed by atoms with E-state index in [-0.39, 0.29) is 21.6 Å². The van der Waals surface area contributed by atoms with Crippen LogP contribution < -0.4 is 15.2 Å². The fraction of sp³-hybridized carbons (Fsp3) is 0.462. The maximum atomic E-state index is 11.8. The van der Waals surface area contributed by atoms with Crippen molar-refractivity contribution in [3.05, 3.63) is 23.2 Å². The Balaban J connectivity index is 2.90.